The summed E-state index contributed by atoms with van der Waals surface area (Å²) >= 11 is 5.81. The Hall–Kier alpha value is -2.69. The average Bonchev–Trinajstić information content (AvgIpc) is 2.42. The molecule has 0 spiro atoms. The second-order valence-electron chi connectivity index (χ2n) is 3.50. The van der Waals surface area contributed by atoms with Crippen LogP contribution in [0.2, 0.25) is 0 Å². The molecule has 0 fully saturated rings. The van der Waals surface area contributed by atoms with E-state index in [0.29, 0.717) is 5.69 Å². The molecular weight excluding hydrogens is 282 g/mol. The Morgan fingerprint density at radius 2 is 1.95 bits per heavy atom. The number of nitrogens with one attached hydrogen (secondary N) is 1. The molecular formula is C13H10ClN3O3. The zero-order chi connectivity index (χ0) is 15.1. The molecule has 0 aliphatic heterocycles. The predicted molar refractivity (Wildman–Crippen MR) is 75.5 cm³/mol. The highest BCUT2D eigenvalue weighted by Crippen LogP contribution is 2.16. The third-order valence-electron chi connectivity index (χ3n) is 2.10. The van der Waals surface area contributed by atoms with E-state index in [1.807, 2.05) is 0 Å². The Balaban J connectivity index is 3.25. The number of carbonyl (C=O) groups excluding carboxylic acids is 1. The molecule has 1 aromatic rings. The quantitative estimate of drug-likeness (QED) is 0.435. The number of hydrogen-bond acceptors (Lipinski definition) is 4. The molecule has 102 valence electrons. The number of nitrogens with zero attached hydrogens (tertiary/aromatic N) is 1. The number of para-hydroxylation sites is 1. The first-order chi connectivity index (χ1) is 9.45. The summed E-state index contributed by atoms with van der Waals surface area (Å²) in [6.07, 6.45) is 0.937. The molecule has 0 radical (unpaired) electrons. The lowest BCUT2D eigenvalue weighted by atomic mass is 10.2. The standard InChI is InChI=1S/C13H10ClN3O3/c14-10(6-8(7-15)12(16)18)11(13(19)20)17-9-4-2-1-3-5-9/h1-6,15H,(H2,16,18)(H,19,20)/b10-6-,17-11?. The smallest absolute Gasteiger partial charge is 0.356 e. The van der Waals surface area contributed by atoms with E-state index in [1.165, 1.54) is 0 Å². The number of benzene rings is 1. The van der Waals surface area contributed by atoms with Gasteiger partial charge in [0, 0.05) is 0 Å². The van der Waals surface area contributed by atoms with Gasteiger partial charge in [0.05, 0.1) is 10.7 Å². The Morgan fingerprint density at radius 1 is 1.35 bits per heavy atom. The minimum absolute atomic E-state index is 0.324. The van der Waals surface area contributed by atoms with Crippen LogP contribution in [-0.2, 0) is 9.59 Å². The first-order valence-electron chi connectivity index (χ1n) is 5.29. The molecule has 4 N–H and O–H groups in total. The second kappa shape index (κ2) is 7.04. The number of aliphatic carboxylic acids is 1. The average molecular weight is 292 g/mol. The van der Waals surface area contributed by atoms with Gasteiger partial charge in [-0.25, -0.2) is 9.79 Å². The minimum atomic E-state index is -1.37. The third kappa shape index (κ3) is 4.20. The van der Waals surface area contributed by atoms with Gasteiger partial charge in [-0.1, -0.05) is 29.8 Å². The number of aliphatic imine (C=N–C) groups is 1. The maximum atomic E-state index is 11.1. The van der Waals surface area contributed by atoms with Crippen molar-refractivity contribution in [3.05, 3.63) is 47.0 Å². The fourth-order valence-electron chi connectivity index (χ4n) is 1.20. The highest BCUT2D eigenvalue weighted by Gasteiger charge is 2.15. The van der Waals surface area contributed by atoms with Gasteiger partial charge in [-0.05, 0) is 24.1 Å². The molecule has 0 unspecified atom stereocenters. The molecule has 0 aromatic heterocycles. The number of halogens is 1. The van der Waals surface area contributed by atoms with Crippen LogP contribution < -0.4 is 5.73 Å². The Labute approximate surface area is 119 Å². The summed E-state index contributed by atoms with van der Waals surface area (Å²) in [4.78, 5) is 25.9. The maximum Gasteiger partial charge on any atom is 0.356 e. The summed E-state index contributed by atoms with van der Waals surface area (Å²) < 4.78 is 0. The van der Waals surface area contributed by atoms with Crippen LogP contribution in [0.15, 0.2) is 52.0 Å². The van der Waals surface area contributed by atoms with Crippen LogP contribution >= 0.6 is 11.6 Å². The molecule has 1 aromatic carbocycles. The van der Waals surface area contributed by atoms with Crippen LogP contribution in [-0.4, -0.2) is 28.6 Å². The van der Waals surface area contributed by atoms with Gasteiger partial charge in [0.15, 0.2) is 5.71 Å². The number of amides is 1. The van der Waals surface area contributed by atoms with Crippen molar-refractivity contribution < 1.29 is 14.7 Å². The normalized spacial score (nSPS) is 11.7. The molecule has 0 aliphatic rings. The molecule has 0 saturated carbocycles. The molecule has 0 aliphatic carbocycles. The highest BCUT2D eigenvalue weighted by atomic mass is 35.5. The highest BCUT2D eigenvalue weighted by molar-refractivity contribution is 6.58. The van der Waals surface area contributed by atoms with Crippen LogP contribution in [0.25, 0.3) is 0 Å². The van der Waals surface area contributed by atoms with Gasteiger partial charge in [-0.2, -0.15) is 0 Å². The summed E-state index contributed by atoms with van der Waals surface area (Å²) in [6, 6.07) is 8.30. The number of rotatable bonds is 5. The number of primary amides is 1. The van der Waals surface area contributed by atoms with Gasteiger partial charge in [0.2, 0.25) is 0 Å². The summed E-state index contributed by atoms with van der Waals surface area (Å²) in [5, 5.41) is 15.6. The summed E-state index contributed by atoms with van der Waals surface area (Å²) in [7, 11) is 0. The molecule has 1 amide bonds. The van der Waals surface area contributed by atoms with Crippen molar-refractivity contribution in [2.45, 2.75) is 0 Å². The zero-order valence-electron chi connectivity index (χ0n) is 10.1. The predicted octanol–water partition coefficient (Wildman–Crippen LogP) is 1.63. The third-order valence-corrected chi connectivity index (χ3v) is 2.39. The van der Waals surface area contributed by atoms with Crippen LogP contribution in [0.1, 0.15) is 0 Å². The van der Waals surface area contributed by atoms with Crippen molar-refractivity contribution in [1.29, 1.82) is 5.41 Å². The second-order valence-corrected chi connectivity index (χ2v) is 3.90. The van der Waals surface area contributed by atoms with Crippen molar-refractivity contribution in [2.24, 2.45) is 10.7 Å². The molecule has 0 bridgehead atoms. The monoisotopic (exact) mass is 291 g/mol. The van der Waals surface area contributed by atoms with E-state index in [2.05, 4.69) is 4.99 Å². The Morgan fingerprint density at radius 3 is 2.40 bits per heavy atom. The minimum Gasteiger partial charge on any atom is -0.476 e. The number of hydrogen-bond donors (Lipinski definition) is 3. The molecule has 6 nitrogen and oxygen atoms in total. The van der Waals surface area contributed by atoms with Gasteiger partial charge < -0.3 is 10.8 Å². The molecule has 0 saturated heterocycles. The first kappa shape index (κ1) is 15.4. The van der Waals surface area contributed by atoms with Gasteiger partial charge in [-0.15, -0.1) is 0 Å². The van der Waals surface area contributed by atoms with E-state index in [4.69, 9.17) is 27.9 Å². The van der Waals surface area contributed by atoms with Crippen molar-refractivity contribution in [1.82, 2.24) is 0 Å². The molecule has 0 heterocycles. The van der Waals surface area contributed by atoms with E-state index < -0.39 is 17.6 Å². The summed E-state index contributed by atoms with van der Waals surface area (Å²) in [5.41, 5.74) is 4.54. The van der Waals surface area contributed by atoms with E-state index in [1.54, 1.807) is 36.2 Å². The topological polar surface area (TPSA) is 117 Å². The van der Waals surface area contributed by atoms with E-state index in [9.17, 15) is 9.59 Å². The lowest BCUT2D eigenvalue weighted by Crippen LogP contribution is -2.16. The molecule has 20 heavy (non-hydrogen) atoms. The largest absolute Gasteiger partial charge is 0.476 e. The van der Waals surface area contributed by atoms with Crippen LogP contribution in [0, 0.1) is 5.41 Å². The van der Waals surface area contributed by atoms with Crippen molar-refractivity contribution in [3.63, 3.8) is 0 Å². The van der Waals surface area contributed by atoms with E-state index in [0.717, 1.165) is 6.08 Å². The fraction of sp³-hybridized carbons (Fsp3) is 0. The Kier molecular flexibility index (Phi) is 5.41. The first-order valence-corrected chi connectivity index (χ1v) is 5.67. The summed E-state index contributed by atoms with van der Waals surface area (Å²) in [5.74, 6) is -0.540. The van der Waals surface area contributed by atoms with Gasteiger partial charge in [0.25, 0.3) is 5.91 Å². The maximum absolute atomic E-state index is 11.1. The van der Waals surface area contributed by atoms with Crippen molar-refractivity contribution >= 4 is 40.7 Å². The molecule has 7 heteroatoms. The van der Waals surface area contributed by atoms with Gasteiger partial charge in [-0.3, -0.25) is 10.2 Å². The zero-order valence-corrected chi connectivity index (χ0v) is 10.9. The van der Waals surface area contributed by atoms with Gasteiger partial charge >= 0.3 is 5.97 Å². The number of carbonyl (C=O) groups is 2. The lowest BCUT2D eigenvalue weighted by molar-refractivity contribution is -0.129. The number of nitrogens with two attached hydrogens (primary N) is 1. The molecule has 0 atom stereocenters. The van der Waals surface area contributed by atoms with Crippen molar-refractivity contribution in [3.8, 4) is 0 Å². The van der Waals surface area contributed by atoms with Crippen LogP contribution in [0.3, 0.4) is 0 Å². The van der Waals surface area contributed by atoms with Gasteiger partial charge in [0.1, 0.15) is 5.57 Å². The Bertz CT molecular complexity index is 644. The fourth-order valence-corrected chi connectivity index (χ4v) is 1.43. The summed E-state index contributed by atoms with van der Waals surface area (Å²) in [6.45, 7) is 0. The number of carboxylic acid groups (broad SMARTS) is 1. The SMILES string of the molecule is N=C=C(/C=C(\Cl)C(=Nc1ccccc1)C(=O)O)C(N)=O. The number of carboxylic acids is 1. The van der Waals surface area contributed by atoms with Crippen LogP contribution in [0.5, 0.6) is 0 Å². The van der Waals surface area contributed by atoms with E-state index in [-0.39, 0.29) is 10.6 Å². The van der Waals surface area contributed by atoms with Crippen LogP contribution in [0.4, 0.5) is 5.69 Å². The molecule has 1 rings (SSSR count). The van der Waals surface area contributed by atoms with E-state index >= 15 is 0 Å². The lowest BCUT2D eigenvalue weighted by Gasteiger charge is -2.01. The van der Waals surface area contributed by atoms with Crippen molar-refractivity contribution in [2.75, 3.05) is 0 Å².